The number of nitro groups is 1. The standard InChI is InChI=1S/C12H13ClN2O5/c1-7(12(17)18)6-14-11(16)4-8-2-3-9(15(19)20)5-10(8)13/h2-3,5,7H,4,6H2,1H3,(H,14,16)(H,17,18). The molecule has 20 heavy (non-hydrogen) atoms. The van der Waals surface area contributed by atoms with Crippen LogP contribution in [0.15, 0.2) is 18.2 Å². The molecule has 1 unspecified atom stereocenters. The number of hydrogen-bond acceptors (Lipinski definition) is 4. The van der Waals surface area contributed by atoms with Crippen LogP contribution < -0.4 is 5.32 Å². The van der Waals surface area contributed by atoms with E-state index in [-0.39, 0.29) is 23.7 Å². The van der Waals surface area contributed by atoms with Crippen molar-refractivity contribution in [3.05, 3.63) is 38.9 Å². The molecule has 1 rings (SSSR count). The van der Waals surface area contributed by atoms with Gasteiger partial charge in [-0.15, -0.1) is 0 Å². The zero-order valence-corrected chi connectivity index (χ0v) is 11.4. The van der Waals surface area contributed by atoms with Gasteiger partial charge in [-0.3, -0.25) is 19.7 Å². The Balaban J connectivity index is 2.62. The summed E-state index contributed by atoms with van der Waals surface area (Å²) in [6.07, 6.45) is -0.0663. The summed E-state index contributed by atoms with van der Waals surface area (Å²) in [5, 5.41) is 21.8. The van der Waals surface area contributed by atoms with Crippen LogP contribution in [0.4, 0.5) is 5.69 Å². The Morgan fingerprint density at radius 3 is 2.65 bits per heavy atom. The van der Waals surface area contributed by atoms with E-state index in [1.807, 2.05) is 0 Å². The number of carbonyl (C=O) groups is 2. The summed E-state index contributed by atoms with van der Waals surface area (Å²) in [4.78, 5) is 32.2. The lowest BCUT2D eigenvalue weighted by atomic mass is 10.1. The van der Waals surface area contributed by atoms with E-state index in [1.165, 1.54) is 25.1 Å². The van der Waals surface area contributed by atoms with Crippen molar-refractivity contribution in [2.24, 2.45) is 5.92 Å². The van der Waals surface area contributed by atoms with Crippen molar-refractivity contribution in [1.82, 2.24) is 5.32 Å². The highest BCUT2D eigenvalue weighted by Gasteiger charge is 2.14. The Kier molecular flexibility index (Phi) is 5.45. The topological polar surface area (TPSA) is 110 Å². The molecule has 0 aliphatic carbocycles. The van der Waals surface area contributed by atoms with E-state index in [2.05, 4.69) is 5.32 Å². The Morgan fingerprint density at radius 1 is 1.50 bits per heavy atom. The summed E-state index contributed by atoms with van der Waals surface area (Å²) in [6, 6.07) is 3.83. The van der Waals surface area contributed by atoms with Crippen LogP contribution in [0.2, 0.25) is 5.02 Å². The van der Waals surface area contributed by atoms with Crippen LogP contribution in [-0.2, 0) is 16.0 Å². The van der Waals surface area contributed by atoms with Gasteiger partial charge in [-0.1, -0.05) is 24.6 Å². The molecule has 0 saturated carbocycles. The second-order valence-corrected chi connectivity index (χ2v) is 4.66. The van der Waals surface area contributed by atoms with Gasteiger partial charge in [0.05, 0.1) is 22.3 Å². The number of halogens is 1. The van der Waals surface area contributed by atoms with E-state index in [9.17, 15) is 19.7 Å². The van der Waals surface area contributed by atoms with Gasteiger partial charge < -0.3 is 10.4 Å². The summed E-state index contributed by atoms with van der Waals surface area (Å²) < 4.78 is 0. The third-order valence-electron chi connectivity index (χ3n) is 2.63. The molecule has 1 aromatic rings. The number of aliphatic carboxylic acids is 1. The van der Waals surface area contributed by atoms with Crippen molar-refractivity contribution >= 4 is 29.2 Å². The predicted molar refractivity (Wildman–Crippen MR) is 71.6 cm³/mol. The molecule has 0 aliphatic rings. The molecule has 0 aromatic heterocycles. The predicted octanol–water partition coefficient (Wildman–Crippen LogP) is 1.63. The van der Waals surface area contributed by atoms with Gasteiger partial charge in [0.2, 0.25) is 5.91 Å². The number of carboxylic acid groups (broad SMARTS) is 1. The van der Waals surface area contributed by atoms with Crippen molar-refractivity contribution in [1.29, 1.82) is 0 Å². The van der Waals surface area contributed by atoms with E-state index in [4.69, 9.17) is 16.7 Å². The molecule has 0 bridgehead atoms. The molecule has 0 fully saturated rings. The SMILES string of the molecule is CC(CNC(=O)Cc1ccc([N+](=O)[O-])cc1Cl)C(=O)O. The maximum atomic E-state index is 11.6. The van der Waals surface area contributed by atoms with E-state index >= 15 is 0 Å². The molecule has 7 nitrogen and oxygen atoms in total. The van der Waals surface area contributed by atoms with E-state index in [0.29, 0.717) is 5.56 Å². The fraction of sp³-hybridized carbons (Fsp3) is 0.333. The molecule has 108 valence electrons. The van der Waals surface area contributed by atoms with Crippen molar-refractivity contribution in [3.8, 4) is 0 Å². The third kappa shape index (κ3) is 4.51. The number of hydrogen-bond donors (Lipinski definition) is 2. The van der Waals surface area contributed by atoms with Gasteiger partial charge in [0, 0.05) is 18.7 Å². The molecule has 0 radical (unpaired) electrons. The second kappa shape index (κ2) is 6.85. The van der Waals surface area contributed by atoms with Crippen molar-refractivity contribution in [2.75, 3.05) is 6.54 Å². The van der Waals surface area contributed by atoms with E-state index < -0.39 is 22.7 Å². The second-order valence-electron chi connectivity index (χ2n) is 4.25. The molecule has 0 spiro atoms. The van der Waals surface area contributed by atoms with Crippen LogP contribution in [0.5, 0.6) is 0 Å². The van der Waals surface area contributed by atoms with Crippen molar-refractivity contribution in [2.45, 2.75) is 13.3 Å². The monoisotopic (exact) mass is 300 g/mol. The lowest BCUT2D eigenvalue weighted by Crippen LogP contribution is -2.32. The lowest BCUT2D eigenvalue weighted by molar-refractivity contribution is -0.384. The van der Waals surface area contributed by atoms with Gasteiger partial charge in [0.25, 0.3) is 5.69 Å². The summed E-state index contributed by atoms with van der Waals surface area (Å²) in [5.74, 6) is -2.08. The number of benzene rings is 1. The van der Waals surface area contributed by atoms with Crippen LogP contribution in [0.1, 0.15) is 12.5 Å². The minimum Gasteiger partial charge on any atom is -0.481 e. The average Bonchev–Trinajstić information content (AvgIpc) is 2.37. The zero-order valence-electron chi connectivity index (χ0n) is 10.6. The number of non-ortho nitro benzene ring substituents is 1. The molecule has 8 heteroatoms. The van der Waals surface area contributed by atoms with Crippen LogP contribution in [-0.4, -0.2) is 28.5 Å². The van der Waals surface area contributed by atoms with Crippen LogP contribution in [0.3, 0.4) is 0 Å². The zero-order chi connectivity index (χ0) is 15.3. The van der Waals surface area contributed by atoms with Gasteiger partial charge in [-0.2, -0.15) is 0 Å². The van der Waals surface area contributed by atoms with Crippen molar-refractivity contribution in [3.63, 3.8) is 0 Å². The lowest BCUT2D eigenvalue weighted by Gasteiger charge is -2.09. The summed E-state index contributed by atoms with van der Waals surface area (Å²) in [7, 11) is 0. The molecule has 0 saturated heterocycles. The van der Waals surface area contributed by atoms with Crippen molar-refractivity contribution < 1.29 is 19.6 Å². The minimum atomic E-state index is -1.00. The highest BCUT2D eigenvalue weighted by Crippen LogP contribution is 2.22. The maximum Gasteiger partial charge on any atom is 0.308 e. The molecular weight excluding hydrogens is 288 g/mol. The smallest absolute Gasteiger partial charge is 0.308 e. The summed E-state index contributed by atoms with van der Waals surface area (Å²) in [5.41, 5.74) is 0.288. The first-order chi connectivity index (χ1) is 9.31. The summed E-state index contributed by atoms with van der Waals surface area (Å²) in [6.45, 7) is 1.49. The average molecular weight is 301 g/mol. The number of nitro benzene ring substituents is 1. The maximum absolute atomic E-state index is 11.6. The van der Waals surface area contributed by atoms with Crippen LogP contribution in [0.25, 0.3) is 0 Å². The van der Waals surface area contributed by atoms with Crippen LogP contribution in [0, 0.1) is 16.0 Å². The number of carbonyl (C=O) groups excluding carboxylic acids is 1. The summed E-state index contributed by atoms with van der Waals surface area (Å²) >= 11 is 5.85. The normalized spacial score (nSPS) is 11.7. The Hall–Kier alpha value is -2.15. The molecule has 2 N–H and O–H groups in total. The van der Waals surface area contributed by atoms with Crippen LogP contribution >= 0.6 is 11.6 Å². The highest BCUT2D eigenvalue weighted by molar-refractivity contribution is 6.31. The number of rotatable bonds is 6. The number of amides is 1. The number of carboxylic acids is 1. The van der Waals surface area contributed by atoms with Gasteiger partial charge in [-0.05, 0) is 5.56 Å². The molecule has 0 aliphatic heterocycles. The van der Waals surface area contributed by atoms with Gasteiger partial charge >= 0.3 is 5.97 Å². The highest BCUT2D eigenvalue weighted by atomic mass is 35.5. The fourth-order valence-corrected chi connectivity index (χ4v) is 1.62. The first-order valence-corrected chi connectivity index (χ1v) is 6.11. The van der Waals surface area contributed by atoms with E-state index in [1.54, 1.807) is 0 Å². The number of nitrogens with zero attached hydrogens (tertiary/aromatic N) is 1. The first-order valence-electron chi connectivity index (χ1n) is 5.73. The Labute approximate surface area is 119 Å². The largest absolute Gasteiger partial charge is 0.481 e. The molecule has 1 amide bonds. The minimum absolute atomic E-state index is 0.0127. The number of nitrogens with one attached hydrogen (secondary N) is 1. The van der Waals surface area contributed by atoms with Gasteiger partial charge in [-0.25, -0.2) is 0 Å². The molecule has 1 aromatic carbocycles. The quantitative estimate of drug-likeness (QED) is 0.613. The molecule has 1 atom stereocenters. The molecular formula is C12H13ClN2O5. The third-order valence-corrected chi connectivity index (χ3v) is 2.98. The Bertz CT molecular complexity index is 547. The Morgan fingerprint density at radius 2 is 2.15 bits per heavy atom. The van der Waals surface area contributed by atoms with Gasteiger partial charge in [0.1, 0.15) is 0 Å². The first kappa shape index (κ1) is 15.9. The fourth-order valence-electron chi connectivity index (χ4n) is 1.38. The molecule has 0 heterocycles. The van der Waals surface area contributed by atoms with E-state index in [0.717, 1.165) is 0 Å². The van der Waals surface area contributed by atoms with Gasteiger partial charge in [0.15, 0.2) is 0 Å².